The van der Waals surface area contributed by atoms with Crippen LogP contribution in [-0.2, 0) is 0 Å². The summed E-state index contributed by atoms with van der Waals surface area (Å²) >= 11 is 11.0. The van der Waals surface area contributed by atoms with Crippen molar-refractivity contribution in [3.63, 3.8) is 0 Å². The third kappa shape index (κ3) is 1.60. The Labute approximate surface area is 77.9 Å². The minimum atomic E-state index is -1.26. The number of carboxylic acid groups (broad SMARTS) is 1. The molecule has 0 amide bonds. The summed E-state index contributed by atoms with van der Waals surface area (Å²) in [7, 11) is 0. The lowest BCUT2D eigenvalue weighted by Gasteiger charge is -2.01. The van der Waals surface area contributed by atoms with Crippen LogP contribution < -0.4 is 5.73 Å². The molecule has 0 radical (unpaired) electrons. The molecule has 1 aromatic heterocycles. The van der Waals surface area contributed by atoms with Gasteiger partial charge >= 0.3 is 5.97 Å². The second-order valence-corrected chi connectivity index (χ2v) is 2.77. The van der Waals surface area contributed by atoms with Crippen LogP contribution in [0.1, 0.15) is 10.5 Å². The average Bonchev–Trinajstić information content (AvgIpc) is 1.96. The lowest BCUT2D eigenvalue weighted by Crippen LogP contribution is -2.03. The van der Waals surface area contributed by atoms with E-state index in [0.29, 0.717) is 0 Å². The zero-order valence-electron chi connectivity index (χ0n) is 5.71. The molecule has 6 heteroatoms. The summed E-state index contributed by atoms with van der Waals surface area (Å²) in [5, 5.41) is 8.47. The third-order valence-electron chi connectivity index (χ3n) is 1.16. The van der Waals surface area contributed by atoms with E-state index in [0.717, 1.165) is 0 Å². The smallest absolute Gasteiger partial charge is 0.356 e. The van der Waals surface area contributed by atoms with Gasteiger partial charge in [-0.3, -0.25) is 0 Å². The van der Waals surface area contributed by atoms with Crippen LogP contribution in [0, 0.1) is 0 Å². The summed E-state index contributed by atoms with van der Waals surface area (Å²) in [6, 6.07) is 1.29. The van der Waals surface area contributed by atoms with Crippen molar-refractivity contribution in [2.24, 2.45) is 0 Å². The minimum Gasteiger partial charge on any atom is -0.476 e. The molecule has 64 valence electrons. The Balaban J connectivity index is 3.37. The molecule has 0 aliphatic heterocycles. The SMILES string of the molecule is Nc1cc(Cl)nc(C(=O)O)c1Cl. The maximum Gasteiger partial charge on any atom is 0.356 e. The Kier molecular flexibility index (Phi) is 2.40. The molecule has 1 heterocycles. The highest BCUT2D eigenvalue weighted by atomic mass is 35.5. The number of hydrogen-bond acceptors (Lipinski definition) is 3. The van der Waals surface area contributed by atoms with Crippen molar-refractivity contribution in [3.8, 4) is 0 Å². The van der Waals surface area contributed by atoms with Crippen molar-refractivity contribution in [2.75, 3.05) is 5.73 Å². The van der Waals surface area contributed by atoms with E-state index in [-0.39, 0.29) is 21.6 Å². The molecule has 0 aromatic carbocycles. The maximum absolute atomic E-state index is 10.5. The number of carboxylic acids is 1. The monoisotopic (exact) mass is 206 g/mol. The summed E-state index contributed by atoms with van der Waals surface area (Å²) in [5.74, 6) is -1.26. The first-order valence-corrected chi connectivity index (χ1v) is 3.62. The van der Waals surface area contributed by atoms with Crippen LogP contribution in [-0.4, -0.2) is 16.1 Å². The van der Waals surface area contributed by atoms with Crippen LogP contribution in [0.4, 0.5) is 5.69 Å². The average molecular weight is 207 g/mol. The molecule has 1 rings (SSSR count). The molecule has 0 bridgehead atoms. The number of nitrogen functional groups attached to an aromatic ring is 1. The Morgan fingerprint density at radius 2 is 2.17 bits per heavy atom. The van der Waals surface area contributed by atoms with E-state index in [1.807, 2.05) is 0 Å². The largest absolute Gasteiger partial charge is 0.476 e. The highest BCUT2D eigenvalue weighted by molar-refractivity contribution is 6.36. The quantitative estimate of drug-likeness (QED) is 0.686. The van der Waals surface area contributed by atoms with Gasteiger partial charge in [0.15, 0.2) is 5.69 Å². The fourth-order valence-corrected chi connectivity index (χ4v) is 1.04. The highest BCUT2D eigenvalue weighted by Crippen LogP contribution is 2.24. The second kappa shape index (κ2) is 3.16. The molecule has 0 unspecified atom stereocenters. The molecular formula is C6H4Cl2N2O2. The van der Waals surface area contributed by atoms with Gasteiger partial charge in [-0.05, 0) is 6.07 Å². The van der Waals surface area contributed by atoms with E-state index in [1.54, 1.807) is 0 Å². The third-order valence-corrected chi connectivity index (χ3v) is 1.75. The number of halogens is 2. The van der Waals surface area contributed by atoms with Crippen molar-refractivity contribution in [3.05, 3.63) is 21.9 Å². The highest BCUT2D eigenvalue weighted by Gasteiger charge is 2.13. The number of aromatic nitrogens is 1. The molecule has 4 nitrogen and oxygen atoms in total. The van der Waals surface area contributed by atoms with Crippen molar-refractivity contribution in [2.45, 2.75) is 0 Å². The normalized spacial score (nSPS) is 9.83. The molecular weight excluding hydrogens is 203 g/mol. The number of rotatable bonds is 1. The number of aromatic carboxylic acids is 1. The molecule has 0 saturated heterocycles. The number of nitrogens with zero attached hydrogens (tertiary/aromatic N) is 1. The van der Waals surface area contributed by atoms with Crippen molar-refractivity contribution in [1.82, 2.24) is 4.98 Å². The van der Waals surface area contributed by atoms with Crippen LogP contribution in [0.2, 0.25) is 10.2 Å². The predicted octanol–water partition coefficient (Wildman–Crippen LogP) is 1.67. The summed E-state index contributed by atoms with van der Waals surface area (Å²) in [6.45, 7) is 0. The van der Waals surface area contributed by atoms with Gasteiger partial charge in [-0.2, -0.15) is 0 Å². The molecule has 1 aromatic rings. The zero-order chi connectivity index (χ0) is 9.30. The Morgan fingerprint density at radius 3 is 2.67 bits per heavy atom. The van der Waals surface area contributed by atoms with Crippen molar-refractivity contribution in [1.29, 1.82) is 0 Å². The van der Waals surface area contributed by atoms with Gasteiger partial charge in [-0.15, -0.1) is 0 Å². The fourth-order valence-electron chi connectivity index (χ4n) is 0.658. The van der Waals surface area contributed by atoms with Crippen LogP contribution in [0.5, 0.6) is 0 Å². The first-order chi connectivity index (χ1) is 5.52. The first kappa shape index (κ1) is 9.09. The molecule has 0 saturated carbocycles. The molecule has 0 fully saturated rings. The number of nitrogens with two attached hydrogens (primary N) is 1. The first-order valence-electron chi connectivity index (χ1n) is 2.87. The Bertz CT molecular complexity index is 341. The van der Waals surface area contributed by atoms with Gasteiger partial charge in [0.05, 0.1) is 10.7 Å². The Morgan fingerprint density at radius 1 is 1.58 bits per heavy atom. The summed E-state index contributed by atoms with van der Waals surface area (Å²) in [4.78, 5) is 14.0. The van der Waals surface area contributed by atoms with E-state index in [4.69, 9.17) is 34.0 Å². The van der Waals surface area contributed by atoms with Gasteiger partial charge in [0.2, 0.25) is 0 Å². The van der Waals surface area contributed by atoms with Crippen LogP contribution in [0.3, 0.4) is 0 Å². The van der Waals surface area contributed by atoms with Gasteiger partial charge in [0.1, 0.15) is 5.15 Å². The maximum atomic E-state index is 10.5. The van der Waals surface area contributed by atoms with Gasteiger partial charge in [-0.1, -0.05) is 23.2 Å². The van der Waals surface area contributed by atoms with Crippen molar-refractivity contribution < 1.29 is 9.90 Å². The molecule has 3 N–H and O–H groups in total. The van der Waals surface area contributed by atoms with Crippen LogP contribution >= 0.6 is 23.2 Å². The fraction of sp³-hybridized carbons (Fsp3) is 0. The predicted molar refractivity (Wildman–Crippen MR) is 45.6 cm³/mol. The van der Waals surface area contributed by atoms with Gasteiger partial charge in [-0.25, -0.2) is 9.78 Å². The van der Waals surface area contributed by atoms with Gasteiger partial charge in [0, 0.05) is 0 Å². The molecule has 0 aliphatic carbocycles. The van der Waals surface area contributed by atoms with E-state index < -0.39 is 5.97 Å². The van der Waals surface area contributed by atoms with E-state index >= 15 is 0 Å². The zero-order valence-corrected chi connectivity index (χ0v) is 7.23. The Hall–Kier alpha value is -1.00. The lowest BCUT2D eigenvalue weighted by molar-refractivity contribution is 0.0691. The van der Waals surface area contributed by atoms with Gasteiger partial charge in [0.25, 0.3) is 0 Å². The minimum absolute atomic E-state index is 0.00861. The molecule has 0 spiro atoms. The number of anilines is 1. The molecule has 12 heavy (non-hydrogen) atoms. The topological polar surface area (TPSA) is 76.2 Å². The van der Waals surface area contributed by atoms with E-state index in [2.05, 4.69) is 4.98 Å². The summed E-state index contributed by atoms with van der Waals surface area (Å²) in [6.07, 6.45) is 0. The van der Waals surface area contributed by atoms with Crippen molar-refractivity contribution >= 4 is 34.9 Å². The lowest BCUT2D eigenvalue weighted by atomic mass is 10.3. The molecule has 0 atom stereocenters. The van der Waals surface area contributed by atoms with E-state index in [1.165, 1.54) is 6.07 Å². The summed E-state index contributed by atoms with van der Waals surface area (Å²) < 4.78 is 0. The number of hydrogen-bond donors (Lipinski definition) is 2. The standard InChI is InChI=1S/C6H4Cl2N2O2/c7-3-1-2(9)4(8)5(10-3)6(11)12/h1H,(H2,9,10)(H,11,12). The van der Waals surface area contributed by atoms with Crippen LogP contribution in [0.15, 0.2) is 6.07 Å². The second-order valence-electron chi connectivity index (χ2n) is 2.00. The molecule has 0 aliphatic rings. The van der Waals surface area contributed by atoms with Crippen LogP contribution in [0.25, 0.3) is 0 Å². The van der Waals surface area contributed by atoms with E-state index in [9.17, 15) is 4.79 Å². The number of pyridine rings is 1. The summed E-state index contributed by atoms with van der Waals surface area (Å²) in [5.41, 5.74) is 5.11. The number of carbonyl (C=O) groups is 1. The van der Waals surface area contributed by atoms with Gasteiger partial charge < -0.3 is 10.8 Å².